The van der Waals surface area contributed by atoms with Crippen molar-refractivity contribution in [3.05, 3.63) is 17.5 Å². The lowest BCUT2D eigenvalue weighted by Gasteiger charge is -2.49. The fourth-order valence-corrected chi connectivity index (χ4v) is 3.74. The minimum Gasteiger partial charge on any atom is -0.335 e. The maximum absolute atomic E-state index is 12.6. The third-order valence-corrected chi connectivity index (χ3v) is 5.10. The van der Waals surface area contributed by atoms with E-state index in [1.54, 1.807) is 0 Å². The second-order valence-corrected chi connectivity index (χ2v) is 6.84. The Morgan fingerprint density at radius 2 is 2.14 bits per heavy atom. The van der Waals surface area contributed by atoms with Gasteiger partial charge in [-0.3, -0.25) is 14.4 Å². The van der Waals surface area contributed by atoms with E-state index in [9.17, 15) is 4.79 Å². The SMILES string of the molecule is CCCn1cc(C(=O)N2CC(N3CCCC[C@@H]3C)C2)c(C)n1. The summed E-state index contributed by atoms with van der Waals surface area (Å²) in [5.41, 5.74) is 1.63. The number of likely N-dealkylation sites (tertiary alicyclic amines) is 2. The number of nitrogens with zero attached hydrogens (tertiary/aromatic N) is 4. The van der Waals surface area contributed by atoms with Gasteiger partial charge in [0.05, 0.1) is 11.3 Å². The van der Waals surface area contributed by atoms with Crippen molar-refractivity contribution in [1.82, 2.24) is 19.6 Å². The van der Waals surface area contributed by atoms with Crippen LogP contribution in [0.25, 0.3) is 0 Å². The second-order valence-electron chi connectivity index (χ2n) is 6.84. The van der Waals surface area contributed by atoms with Crippen molar-refractivity contribution < 1.29 is 4.79 Å². The minimum absolute atomic E-state index is 0.153. The highest BCUT2D eigenvalue weighted by Crippen LogP contribution is 2.25. The van der Waals surface area contributed by atoms with Crippen molar-refractivity contribution >= 4 is 5.91 Å². The molecule has 2 fully saturated rings. The van der Waals surface area contributed by atoms with Gasteiger partial charge in [0.2, 0.25) is 0 Å². The maximum atomic E-state index is 12.6. The Labute approximate surface area is 133 Å². The van der Waals surface area contributed by atoms with Gasteiger partial charge in [-0.1, -0.05) is 13.3 Å². The summed E-state index contributed by atoms with van der Waals surface area (Å²) in [7, 11) is 0. The first-order valence-corrected chi connectivity index (χ1v) is 8.69. The number of carbonyl (C=O) groups is 1. The highest BCUT2D eigenvalue weighted by molar-refractivity contribution is 5.95. The van der Waals surface area contributed by atoms with E-state index < -0.39 is 0 Å². The zero-order chi connectivity index (χ0) is 15.7. The Bertz CT molecular complexity index is 533. The lowest BCUT2D eigenvalue weighted by molar-refractivity contribution is 0.00208. The number of hydrogen-bond acceptors (Lipinski definition) is 3. The topological polar surface area (TPSA) is 41.4 Å². The molecule has 0 radical (unpaired) electrons. The number of hydrogen-bond donors (Lipinski definition) is 0. The van der Waals surface area contributed by atoms with Crippen molar-refractivity contribution in [3.8, 4) is 0 Å². The number of amides is 1. The number of aromatic nitrogens is 2. The third kappa shape index (κ3) is 2.91. The highest BCUT2D eigenvalue weighted by atomic mass is 16.2. The normalized spacial score (nSPS) is 23.6. The average Bonchev–Trinajstić information content (AvgIpc) is 2.80. The Morgan fingerprint density at radius 3 is 2.82 bits per heavy atom. The van der Waals surface area contributed by atoms with Crippen molar-refractivity contribution in [2.75, 3.05) is 19.6 Å². The first kappa shape index (κ1) is 15.5. The molecule has 0 aliphatic carbocycles. The van der Waals surface area contributed by atoms with Crippen LogP contribution >= 0.6 is 0 Å². The molecule has 5 nitrogen and oxygen atoms in total. The molecule has 3 rings (SSSR count). The van der Waals surface area contributed by atoms with E-state index in [1.165, 1.54) is 25.8 Å². The molecule has 1 aromatic rings. The van der Waals surface area contributed by atoms with Crippen LogP contribution in [0.5, 0.6) is 0 Å². The summed E-state index contributed by atoms with van der Waals surface area (Å²) in [5, 5.41) is 4.44. The van der Waals surface area contributed by atoms with Crippen LogP contribution in [0.1, 0.15) is 55.6 Å². The minimum atomic E-state index is 0.153. The van der Waals surface area contributed by atoms with Crippen LogP contribution in [0.2, 0.25) is 0 Å². The molecular formula is C17H28N4O. The molecule has 0 bridgehead atoms. The summed E-state index contributed by atoms with van der Waals surface area (Å²) >= 11 is 0. The third-order valence-electron chi connectivity index (χ3n) is 5.10. The quantitative estimate of drug-likeness (QED) is 0.857. The molecule has 2 aliphatic rings. The van der Waals surface area contributed by atoms with Gasteiger partial charge in [-0.2, -0.15) is 5.10 Å². The summed E-state index contributed by atoms with van der Waals surface area (Å²) < 4.78 is 1.90. The molecule has 0 saturated carbocycles. The van der Waals surface area contributed by atoms with Crippen LogP contribution in [0.3, 0.4) is 0 Å². The molecular weight excluding hydrogens is 276 g/mol. The first-order valence-electron chi connectivity index (χ1n) is 8.69. The molecule has 122 valence electrons. The zero-order valence-corrected chi connectivity index (χ0v) is 14.1. The van der Waals surface area contributed by atoms with Crippen LogP contribution in [0, 0.1) is 6.92 Å². The molecule has 0 spiro atoms. The smallest absolute Gasteiger partial charge is 0.257 e. The molecule has 1 amide bonds. The lowest BCUT2D eigenvalue weighted by atomic mass is 9.97. The Morgan fingerprint density at radius 1 is 1.36 bits per heavy atom. The van der Waals surface area contributed by atoms with E-state index in [1.807, 2.05) is 22.7 Å². The predicted octanol–water partition coefficient (Wildman–Crippen LogP) is 2.30. The van der Waals surface area contributed by atoms with Gasteiger partial charge in [0.1, 0.15) is 0 Å². The zero-order valence-electron chi connectivity index (χ0n) is 14.1. The number of rotatable bonds is 4. The molecule has 1 aromatic heterocycles. The van der Waals surface area contributed by atoms with E-state index in [-0.39, 0.29) is 5.91 Å². The molecule has 2 saturated heterocycles. The molecule has 2 aliphatic heterocycles. The van der Waals surface area contributed by atoms with Gasteiger partial charge in [0, 0.05) is 37.9 Å². The van der Waals surface area contributed by atoms with Gasteiger partial charge in [0.25, 0.3) is 5.91 Å². The maximum Gasteiger partial charge on any atom is 0.257 e. The van der Waals surface area contributed by atoms with Crippen molar-refractivity contribution in [2.45, 2.75) is 65.1 Å². The average molecular weight is 304 g/mol. The van der Waals surface area contributed by atoms with Crippen molar-refractivity contribution in [3.63, 3.8) is 0 Å². The lowest BCUT2D eigenvalue weighted by Crippen LogP contribution is -2.63. The summed E-state index contributed by atoms with van der Waals surface area (Å²) in [6, 6.07) is 1.23. The second kappa shape index (κ2) is 6.41. The molecule has 0 N–H and O–H groups in total. The monoisotopic (exact) mass is 304 g/mol. The van der Waals surface area contributed by atoms with E-state index in [0.717, 1.165) is 37.3 Å². The molecule has 3 heterocycles. The van der Waals surface area contributed by atoms with E-state index >= 15 is 0 Å². The van der Waals surface area contributed by atoms with Gasteiger partial charge < -0.3 is 4.90 Å². The van der Waals surface area contributed by atoms with Gasteiger partial charge in [-0.25, -0.2) is 0 Å². The number of aryl methyl sites for hydroxylation is 2. The van der Waals surface area contributed by atoms with Crippen molar-refractivity contribution in [1.29, 1.82) is 0 Å². The summed E-state index contributed by atoms with van der Waals surface area (Å²) in [6.45, 7) is 10.2. The Kier molecular flexibility index (Phi) is 4.52. The number of piperidine rings is 1. The van der Waals surface area contributed by atoms with E-state index in [0.29, 0.717) is 12.1 Å². The van der Waals surface area contributed by atoms with Gasteiger partial charge in [-0.15, -0.1) is 0 Å². The fourth-order valence-electron chi connectivity index (χ4n) is 3.74. The molecule has 22 heavy (non-hydrogen) atoms. The fraction of sp³-hybridized carbons (Fsp3) is 0.765. The largest absolute Gasteiger partial charge is 0.335 e. The molecule has 0 aromatic carbocycles. The van der Waals surface area contributed by atoms with Gasteiger partial charge in [0.15, 0.2) is 0 Å². The van der Waals surface area contributed by atoms with Crippen LogP contribution in [-0.4, -0.2) is 57.2 Å². The van der Waals surface area contributed by atoms with Crippen LogP contribution < -0.4 is 0 Å². The van der Waals surface area contributed by atoms with E-state index in [2.05, 4.69) is 23.8 Å². The van der Waals surface area contributed by atoms with E-state index in [4.69, 9.17) is 0 Å². The summed E-state index contributed by atoms with van der Waals surface area (Å²) in [4.78, 5) is 17.2. The highest BCUT2D eigenvalue weighted by Gasteiger charge is 2.38. The number of carbonyl (C=O) groups excluding carboxylic acids is 1. The predicted molar refractivity (Wildman–Crippen MR) is 87.0 cm³/mol. The first-order chi connectivity index (χ1) is 10.6. The standard InChI is InChI=1S/C17H28N4O/c1-4-8-20-12-16(14(3)18-20)17(22)19-10-15(11-19)21-9-6-5-7-13(21)2/h12-13,15H,4-11H2,1-3H3/t13-/m0/s1. The molecule has 5 heteroatoms. The molecule has 0 unspecified atom stereocenters. The van der Waals surface area contributed by atoms with Gasteiger partial charge in [-0.05, 0) is 39.7 Å². The Hall–Kier alpha value is -1.36. The Balaban J connectivity index is 1.59. The van der Waals surface area contributed by atoms with Crippen LogP contribution in [-0.2, 0) is 6.54 Å². The van der Waals surface area contributed by atoms with Crippen LogP contribution in [0.15, 0.2) is 6.20 Å². The summed E-state index contributed by atoms with van der Waals surface area (Å²) in [6.07, 6.45) is 6.90. The summed E-state index contributed by atoms with van der Waals surface area (Å²) in [5.74, 6) is 0.153. The van der Waals surface area contributed by atoms with Gasteiger partial charge >= 0.3 is 0 Å². The molecule has 1 atom stereocenters. The van der Waals surface area contributed by atoms with Crippen molar-refractivity contribution in [2.24, 2.45) is 0 Å². The van der Waals surface area contributed by atoms with Crippen LogP contribution in [0.4, 0.5) is 0 Å².